The Labute approximate surface area is 304 Å². The van der Waals surface area contributed by atoms with Gasteiger partial charge in [-0.15, -0.1) is 0 Å². The summed E-state index contributed by atoms with van der Waals surface area (Å²) in [6, 6.07) is 32.2. The lowest BCUT2D eigenvalue weighted by Gasteiger charge is -2.18. The first-order valence-electron chi connectivity index (χ1n) is 18.7. The van der Waals surface area contributed by atoms with E-state index in [0.717, 1.165) is 130 Å². The molecule has 0 spiro atoms. The molecule has 0 saturated heterocycles. The third-order valence-electron chi connectivity index (χ3n) is 10.5. The smallest absolute Gasteiger partial charge is 0.225 e. The van der Waals surface area contributed by atoms with Crippen molar-refractivity contribution in [1.82, 2.24) is 9.13 Å². The summed E-state index contributed by atoms with van der Waals surface area (Å²) in [5, 5.41) is 3.92. The molecule has 0 fully saturated rings. The van der Waals surface area contributed by atoms with E-state index in [1.807, 2.05) is 36.4 Å². The molecule has 0 bridgehead atoms. The topological polar surface area (TPSA) is 78.1 Å². The maximum atomic E-state index is 12.9. The van der Waals surface area contributed by atoms with E-state index in [0.29, 0.717) is 23.7 Å². The van der Waals surface area contributed by atoms with E-state index in [2.05, 4.69) is 71.5 Å². The first-order valence-corrected chi connectivity index (χ1v) is 18.7. The van der Waals surface area contributed by atoms with Crippen molar-refractivity contribution in [2.24, 2.45) is 0 Å². The molecule has 52 heavy (non-hydrogen) atoms. The number of aromatic nitrogens is 2. The fourth-order valence-electron chi connectivity index (χ4n) is 8.04. The van der Waals surface area contributed by atoms with Crippen LogP contribution in [0.15, 0.2) is 97.1 Å². The number of carbonyl (C=O) groups is 4. The summed E-state index contributed by atoms with van der Waals surface area (Å²) in [6.07, 6.45) is 9.43. The molecular formula is C46H44N2O4. The number of hydrogen-bond acceptors (Lipinski definition) is 4. The molecule has 262 valence electrons. The molecule has 2 heterocycles. The zero-order valence-electron chi connectivity index (χ0n) is 30.0. The van der Waals surface area contributed by atoms with Crippen LogP contribution in [-0.2, 0) is 22.7 Å². The summed E-state index contributed by atoms with van der Waals surface area (Å²) in [6.45, 7) is 5.96. The molecular weight excluding hydrogens is 645 g/mol. The molecule has 5 aromatic carbocycles. The highest BCUT2D eigenvalue weighted by molar-refractivity contribution is 6.37. The SMILES string of the molecule is CCCCCCn1c2ccc(C(=O)C=O)cc2c2c(-c3ccccc3)c3c(c(-c4ccccc4)c21)c1cc(C(=O)C=O)ccc1n3CCCCCC. The van der Waals surface area contributed by atoms with Gasteiger partial charge in [0.1, 0.15) is 0 Å². The average Bonchev–Trinajstić information content (AvgIpc) is 3.68. The summed E-state index contributed by atoms with van der Waals surface area (Å²) >= 11 is 0. The number of carbonyl (C=O) groups excluding carboxylic acids is 4. The van der Waals surface area contributed by atoms with Crippen molar-refractivity contribution in [2.45, 2.75) is 78.3 Å². The van der Waals surface area contributed by atoms with Gasteiger partial charge in [0.05, 0.1) is 11.0 Å². The van der Waals surface area contributed by atoms with Gasteiger partial charge in [-0.25, -0.2) is 0 Å². The molecule has 2 aromatic heterocycles. The molecule has 7 aromatic rings. The van der Waals surface area contributed by atoms with Gasteiger partial charge in [0.25, 0.3) is 0 Å². The normalized spacial score (nSPS) is 11.6. The van der Waals surface area contributed by atoms with Gasteiger partial charge in [-0.3, -0.25) is 19.2 Å². The van der Waals surface area contributed by atoms with Crippen LogP contribution in [0.1, 0.15) is 85.9 Å². The fourth-order valence-corrected chi connectivity index (χ4v) is 8.04. The first-order chi connectivity index (χ1) is 25.5. The number of ketones is 2. The van der Waals surface area contributed by atoms with E-state index in [9.17, 15) is 19.2 Å². The Hall–Kier alpha value is -5.62. The van der Waals surface area contributed by atoms with Crippen LogP contribution in [0.2, 0.25) is 0 Å². The standard InChI is InChI=1S/C46H44N2O4/c1-3-5-7-15-25-47-37-23-21-33(39(51)29-49)27-35(37)43-42(32-19-13-10-14-20-32)46-44(41(45(43)47)31-17-11-9-12-18-31)36-28-34(40(52)30-50)22-24-38(36)48(46)26-16-8-6-4-2/h9-14,17-24,27-30H,3-8,15-16,25-26H2,1-2H3. The second kappa shape index (κ2) is 15.3. The highest BCUT2D eigenvalue weighted by Crippen LogP contribution is 2.51. The summed E-state index contributed by atoms with van der Waals surface area (Å²) in [4.78, 5) is 49.4. The predicted octanol–water partition coefficient (Wildman–Crippen LogP) is 11.2. The van der Waals surface area contributed by atoms with Gasteiger partial charge in [-0.2, -0.15) is 0 Å². The van der Waals surface area contributed by atoms with Crippen LogP contribution in [-0.4, -0.2) is 33.3 Å². The Morgan fingerprint density at radius 1 is 0.519 bits per heavy atom. The molecule has 6 nitrogen and oxygen atoms in total. The van der Waals surface area contributed by atoms with E-state index >= 15 is 0 Å². The highest BCUT2D eigenvalue weighted by Gasteiger charge is 2.28. The van der Waals surface area contributed by atoms with Gasteiger partial charge in [0, 0.05) is 67.9 Å². The molecule has 0 N–H and O–H groups in total. The molecule has 0 radical (unpaired) electrons. The van der Waals surface area contributed by atoms with Crippen LogP contribution in [0.3, 0.4) is 0 Å². The number of fused-ring (bicyclic) bond motifs is 6. The molecule has 0 unspecified atom stereocenters. The number of aldehydes is 2. The highest BCUT2D eigenvalue weighted by atomic mass is 16.2. The van der Waals surface area contributed by atoms with E-state index in [1.165, 1.54) is 0 Å². The minimum Gasteiger partial charge on any atom is -0.340 e. The van der Waals surface area contributed by atoms with Crippen molar-refractivity contribution < 1.29 is 19.2 Å². The molecule has 0 amide bonds. The van der Waals surface area contributed by atoms with Gasteiger partial charge in [0.2, 0.25) is 11.6 Å². The molecule has 0 saturated carbocycles. The lowest BCUT2D eigenvalue weighted by Crippen LogP contribution is -2.02. The lowest BCUT2D eigenvalue weighted by molar-refractivity contribution is -0.105. The van der Waals surface area contributed by atoms with E-state index in [1.54, 1.807) is 12.1 Å². The Morgan fingerprint density at radius 3 is 1.29 bits per heavy atom. The molecule has 0 aliphatic carbocycles. The third-order valence-corrected chi connectivity index (χ3v) is 10.5. The average molecular weight is 689 g/mol. The molecule has 0 aliphatic rings. The third kappa shape index (κ3) is 6.17. The minimum absolute atomic E-state index is 0.366. The zero-order valence-corrected chi connectivity index (χ0v) is 30.0. The van der Waals surface area contributed by atoms with E-state index in [-0.39, 0.29) is 0 Å². The van der Waals surface area contributed by atoms with Gasteiger partial charge in [0.15, 0.2) is 12.6 Å². The van der Waals surface area contributed by atoms with Gasteiger partial charge in [-0.1, -0.05) is 113 Å². The van der Waals surface area contributed by atoms with Gasteiger partial charge < -0.3 is 9.13 Å². The maximum absolute atomic E-state index is 12.9. The van der Waals surface area contributed by atoms with E-state index in [4.69, 9.17) is 0 Å². The van der Waals surface area contributed by atoms with Crippen LogP contribution >= 0.6 is 0 Å². The Balaban J connectivity index is 1.77. The van der Waals surface area contributed by atoms with Crippen molar-refractivity contribution in [3.05, 3.63) is 108 Å². The van der Waals surface area contributed by atoms with Crippen LogP contribution in [0, 0.1) is 0 Å². The first kappa shape index (κ1) is 34.8. The quantitative estimate of drug-likeness (QED) is 0.0438. The second-order valence-electron chi connectivity index (χ2n) is 13.8. The number of Topliss-reactive ketones (excluding diaryl/α,β-unsaturated/α-hetero) is 2. The maximum Gasteiger partial charge on any atom is 0.225 e. The second-order valence-corrected chi connectivity index (χ2v) is 13.8. The zero-order chi connectivity index (χ0) is 36.2. The lowest BCUT2D eigenvalue weighted by atomic mass is 9.89. The number of nitrogens with zero attached hydrogens (tertiary/aromatic N) is 2. The number of unbranched alkanes of at least 4 members (excludes halogenated alkanes) is 6. The summed E-state index contributed by atoms with van der Waals surface area (Å²) in [5.41, 5.74) is 9.02. The number of hydrogen-bond donors (Lipinski definition) is 0. The minimum atomic E-state index is -0.547. The monoisotopic (exact) mass is 688 g/mol. The van der Waals surface area contributed by atoms with Gasteiger partial charge in [-0.05, 0) is 60.4 Å². The van der Waals surface area contributed by atoms with Gasteiger partial charge >= 0.3 is 0 Å². The van der Waals surface area contributed by atoms with Crippen LogP contribution < -0.4 is 0 Å². The van der Waals surface area contributed by atoms with E-state index < -0.39 is 11.6 Å². The Bertz CT molecular complexity index is 2280. The molecule has 6 heteroatoms. The number of rotatable bonds is 16. The van der Waals surface area contributed by atoms with Crippen LogP contribution in [0.25, 0.3) is 65.9 Å². The summed E-state index contributed by atoms with van der Waals surface area (Å²) in [7, 11) is 0. The number of benzene rings is 5. The largest absolute Gasteiger partial charge is 0.340 e. The molecule has 0 aliphatic heterocycles. The van der Waals surface area contributed by atoms with Crippen molar-refractivity contribution in [3.63, 3.8) is 0 Å². The predicted molar refractivity (Wildman–Crippen MR) is 212 cm³/mol. The fraction of sp³-hybridized carbons (Fsp3) is 0.261. The van der Waals surface area contributed by atoms with Crippen molar-refractivity contribution in [3.8, 4) is 22.3 Å². The Kier molecular flexibility index (Phi) is 10.3. The molecule has 7 rings (SSSR count). The summed E-state index contributed by atoms with van der Waals surface area (Å²) in [5.74, 6) is -1.09. The van der Waals surface area contributed by atoms with Crippen LogP contribution in [0.4, 0.5) is 0 Å². The Morgan fingerprint density at radius 2 is 0.923 bits per heavy atom. The van der Waals surface area contributed by atoms with Crippen LogP contribution in [0.5, 0.6) is 0 Å². The van der Waals surface area contributed by atoms with Crippen molar-refractivity contribution in [2.75, 3.05) is 0 Å². The molecule has 0 atom stereocenters. The van der Waals surface area contributed by atoms with Crippen molar-refractivity contribution in [1.29, 1.82) is 0 Å². The number of aryl methyl sites for hydroxylation is 2. The summed E-state index contributed by atoms with van der Waals surface area (Å²) < 4.78 is 4.82. The van der Waals surface area contributed by atoms with Crippen molar-refractivity contribution >= 4 is 67.8 Å².